The number of nitrogens with one attached hydrogen (secondary N) is 1. The molecule has 2 heterocycles. The first-order valence-electron chi connectivity index (χ1n) is 5.59. The number of pyridine rings is 1. The molecular formula is C13H16N4. The van der Waals surface area contributed by atoms with Crippen LogP contribution in [0.1, 0.15) is 18.2 Å². The second kappa shape index (κ2) is 4.56. The van der Waals surface area contributed by atoms with Crippen molar-refractivity contribution in [3.8, 4) is 12.3 Å². The molecule has 2 aromatic rings. The minimum absolute atomic E-state index is 0.0701. The Morgan fingerprint density at radius 1 is 1.59 bits per heavy atom. The fourth-order valence-electron chi connectivity index (χ4n) is 1.78. The van der Waals surface area contributed by atoms with Crippen molar-refractivity contribution in [2.75, 3.05) is 0 Å². The molecule has 2 aromatic heterocycles. The highest BCUT2D eigenvalue weighted by molar-refractivity contribution is 5.78. The van der Waals surface area contributed by atoms with Crippen LogP contribution in [0.15, 0.2) is 12.3 Å². The van der Waals surface area contributed by atoms with E-state index in [4.69, 9.17) is 6.42 Å². The highest BCUT2D eigenvalue weighted by Gasteiger charge is 2.07. The molecule has 88 valence electrons. The van der Waals surface area contributed by atoms with Gasteiger partial charge >= 0.3 is 0 Å². The zero-order valence-corrected chi connectivity index (χ0v) is 10.4. The van der Waals surface area contributed by atoms with Gasteiger partial charge in [0.05, 0.1) is 11.7 Å². The van der Waals surface area contributed by atoms with E-state index in [-0.39, 0.29) is 6.04 Å². The average Bonchev–Trinajstić information content (AvgIpc) is 2.62. The summed E-state index contributed by atoms with van der Waals surface area (Å²) in [4.78, 5) is 4.41. The fourth-order valence-corrected chi connectivity index (χ4v) is 1.78. The second-order valence-corrected chi connectivity index (χ2v) is 4.19. The van der Waals surface area contributed by atoms with Crippen molar-refractivity contribution in [1.29, 1.82) is 0 Å². The van der Waals surface area contributed by atoms with Gasteiger partial charge in [-0.05, 0) is 25.5 Å². The van der Waals surface area contributed by atoms with Crippen LogP contribution < -0.4 is 5.32 Å². The normalized spacial score (nSPS) is 12.6. The van der Waals surface area contributed by atoms with Crippen LogP contribution in [0.3, 0.4) is 0 Å². The van der Waals surface area contributed by atoms with Crippen molar-refractivity contribution in [3.05, 3.63) is 23.5 Å². The molecule has 0 aliphatic heterocycles. The quantitative estimate of drug-likeness (QED) is 0.807. The van der Waals surface area contributed by atoms with Crippen LogP contribution >= 0.6 is 0 Å². The minimum atomic E-state index is 0.0701. The Labute approximate surface area is 101 Å². The summed E-state index contributed by atoms with van der Waals surface area (Å²) in [6, 6.07) is 2.18. The molecule has 1 atom stereocenters. The van der Waals surface area contributed by atoms with Gasteiger partial charge < -0.3 is 0 Å². The van der Waals surface area contributed by atoms with E-state index in [9.17, 15) is 0 Å². The molecular weight excluding hydrogens is 212 g/mol. The van der Waals surface area contributed by atoms with Crippen LogP contribution in [-0.2, 0) is 13.6 Å². The topological polar surface area (TPSA) is 42.7 Å². The number of aromatic nitrogens is 3. The lowest BCUT2D eigenvalue weighted by Crippen LogP contribution is -2.23. The molecule has 0 amide bonds. The smallest absolute Gasteiger partial charge is 0.157 e. The van der Waals surface area contributed by atoms with E-state index in [1.165, 1.54) is 0 Å². The Bertz CT molecular complexity index is 577. The zero-order chi connectivity index (χ0) is 12.4. The van der Waals surface area contributed by atoms with Crippen molar-refractivity contribution in [2.24, 2.45) is 7.05 Å². The number of hydrogen-bond acceptors (Lipinski definition) is 3. The minimum Gasteiger partial charge on any atom is -0.300 e. The third-order valence-corrected chi connectivity index (χ3v) is 2.78. The molecule has 1 N–H and O–H groups in total. The SMILES string of the molecule is C#CC(C)NCc1cnc2c(c1)c(C)nn2C. The number of aryl methyl sites for hydroxylation is 2. The molecule has 0 bridgehead atoms. The van der Waals surface area contributed by atoms with Gasteiger partial charge in [0.1, 0.15) is 0 Å². The summed E-state index contributed by atoms with van der Waals surface area (Å²) in [6.07, 6.45) is 7.17. The van der Waals surface area contributed by atoms with Gasteiger partial charge in [-0.15, -0.1) is 6.42 Å². The molecule has 0 saturated heterocycles. The van der Waals surface area contributed by atoms with Gasteiger partial charge in [0.15, 0.2) is 5.65 Å². The van der Waals surface area contributed by atoms with Crippen molar-refractivity contribution in [3.63, 3.8) is 0 Å². The molecule has 0 aliphatic rings. The summed E-state index contributed by atoms with van der Waals surface area (Å²) >= 11 is 0. The molecule has 0 aromatic carbocycles. The summed E-state index contributed by atoms with van der Waals surface area (Å²) in [6.45, 7) is 4.68. The maximum absolute atomic E-state index is 5.31. The standard InChI is InChI=1S/C13H16N4/c1-5-9(2)14-7-11-6-12-10(3)16-17(4)13(12)15-8-11/h1,6,8-9,14H,7H2,2-4H3. The summed E-state index contributed by atoms with van der Waals surface area (Å²) in [5.41, 5.74) is 3.04. The molecule has 4 heteroatoms. The highest BCUT2D eigenvalue weighted by Crippen LogP contribution is 2.16. The maximum atomic E-state index is 5.31. The monoisotopic (exact) mass is 228 g/mol. The molecule has 0 aliphatic carbocycles. The van der Waals surface area contributed by atoms with Crippen LogP contribution in [0.2, 0.25) is 0 Å². The van der Waals surface area contributed by atoms with E-state index in [1.807, 2.05) is 27.1 Å². The van der Waals surface area contributed by atoms with Gasteiger partial charge in [-0.25, -0.2) is 4.98 Å². The molecule has 2 rings (SSSR count). The van der Waals surface area contributed by atoms with Crippen LogP contribution in [-0.4, -0.2) is 20.8 Å². The third-order valence-electron chi connectivity index (χ3n) is 2.78. The van der Waals surface area contributed by atoms with Crippen molar-refractivity contribution >= 4 is 11.0 Å². The Hall–Kier alpha value is -1.86. The Kier molecular flexibility index (Phi) is 3.12. The first-order valence-corrected chi connectivity index (χ1v) is 5.59. The third kappa shape index (κ3) is 2.29. The van der Waals surface area contributed by atoms with Gasteiger partial charge in [-0.1, -0.05) is 5.92 Å². The molecule has 0 spiro atoms. The number of hydrogen-bond donors (Lipinski definition) is 1. The van der Waals surface area contributed by atoms with E-state index < -0.39 is 0 Å². The fraction of sp³-hybridized carbons (Fsp3) is 0.385. The van der Waals surface area contributed by atoms with E-state index in [0.717, 1.165) is 28.8 Å². The molecule has 0 radical (unpaired) electrons. The first-order chi connectivity index (χ1) is 8.11. The number of rotatable bonds is 3. The zero-order valence-electron chi connectivity index (χ0n) is 10.4. The Morgan fingerprint density at radius 2 is 2.35 bits per heavy atom. The Balaban J connectivity index is 2.26. The lowest BCUT2D eigenvalue weighted by Gasteiger charge is -2.07. The van der Waals surface area contributed by atoms with E-state index in [2.05, 4.69) is 27.4 Å². The molecule has 17 heavy (non-hydrogen) atoms. The maximum Gasteiger partial charge on any atom is 0.157 e. The van der Waals surface area contributed by atoms with Gasteiger partial charge in [0.25, 0.3) is 0 Å². The largest absolute Gasteiger partial charge is 0.300 e. The average molecular weight is 228 g/mol. The van der Waals surface area contributed by atoms with Crippen molar-refractivity contribution in [2.45, 2.75) is 26.4 Å². The van der Waals surface area contributed by atoms with Crippen LogP contribution in [0.4, 0.5) is 0 Å². The molecule has 1 unspecified atom stereocenters. The summed E-state index contributed by atoms with van der Waals surface area (Å²) in [5, 5.41) is 8.68. The molecule has 0 fully saturated rings. The molecule has 0 saturated carbocycles. The van der Waals surface area contributed by atoms with Crippen molar-refractivity contribution < 1.29 is 0 Å². The predicted molar refractivity (Wildman–Crippen MR) is 68.4 cm³/mol. The van der Waals surface area contributed by atoms with Gasteiger partial charge in [0.2, 0.25) is 0 Å². The second-order valence-electron chi connectivity index (χ2n) is 4.19. The highest BCUT2D eigenvalue weighted by atomic mass is 15.3. The summed E-state index contributed by atoms with van der Waals surface area (Å²) in [7, 11) is 1.90. The first kappa shape index (κ1) is 11.6. The molecule has 4 nitrogen and oxygen atoms in total. The number of fused-ring (bicyclic) bond motifs is 1. The van der Waals surface area contributed by atoms with Crippen LogP contribution in [0.5, 0.6) is 0 Å². The van der Waals surface area contributed by atoms with E-state index >= 15 is 0 Å². The Morgan fingerprint density at radius 3 is 3.06 bits per heavy atom. The van der Waals surface area contributed by atoms with E-state index in [0.29, 0.717) is 0 Å². The van der Waals surface area contributed by atoms with Gasteiger partial charge in [-0.3, -0.25) is 10.00 Å². The van der Waals surface area contributed by atoms with Crippen molar-refractivity contribution in [1.82, 2.24) is 20.1 Å². The lowest BCUT2D eigenvalue weighted by atomic mass is 10.2. The van der Waals surface area contributed by atoms with Crippen LogP contribution in [0, 0.1) is 19.3 Å². The summed E-state index contributed by atoms with van der Waals surface area (Å²) in [5.74, 6) is 2.64. The predicted octanol–water partition coefficient (Wildman–Crippen LogP) is 1.39. The van der Waals surface area contributed by atoms with Crippen LogP contribution in [0.25, 0.3) is 11.0 Å². The van der Waals surface area contributed by atoms with E-state index in [1.54, 1.807) is 4.68 Å². The number of terminal acetylenes is 1. The number of nitrogens with zero attached hydrogens (tertiary/aromatic N) is 3. The lowest BCUT2D eigenvalue weighted by molar-refractivity contribution is 0.647. The van der Waals surface area contributed by atoms with Gasteiger partial charge in [-0.2, -0.15) is 5.10 Å². The summed E-state index contributed by atoms with van der Waals surface area (Å²) < 4.78 is 1.80. The van der Waals surface area contributed by atoms with Gasteiger partial charge in [0, 0.05) is 25.2 Å².